The largest absolute Gasteiger partial charge is 0.445 e. The Morgan fingerprint density at radius 1 is 1.24 bits per heavy atom. The van der Waals surface area contributed by atoms with Crippen LogP contribution in [0.4, 0.5) is 10.6 Å². The van der Waals surface area contributed by atoms with Crippen LogP contribution in [0.2, 0.25) is 5.02 Å². The number of hydrogen-bond donors (Lipinski definition) is 1. The summed E-state index contributed by atoms with van der Waals surface area (Å²) >= 11 is 5.78. The average molecular weight is 360 g/mol. The molecule has 1 aromatic carbocycles. The first-order chi connectivity index (χ1) is 12.1. The lowest BCUT2D eigenvalue weighted by Gasteiger charge is -2.23. The van der Waals surface area contributed by atoms with Gasteiger partial charge < -0.3 is 10.1 Å². The Kier molecular flexibility index (Phi) is 5.50. The SMILES string of the molecule is O=C(Nc1ccc(Cl)cn1)[C@@H]1CCCN1C(=O)OCc1ccccc1. The molecular formula is C18H18ClN3O3. The minimum absolute atomic E-state index is 0.184. The van der Waals surface area contributed by atoms with E-state index in [1.165, 1.54) is 11.1 Å². The number of carbonyl (C=O) groups is 2. The molecule has 6 nitrogen and oxygen atoms in total. The highest BCUT2D eigenvalue weighted by atomic mass is 35.5. The molecule has 2 aromatic rings. The van der Waals surface area contributed by atoms with Gasteiger partial charge in [0.1, 0.15) is 18.5 Å². The predicted octanol–water partition coefficient (Wildman–Crippen LogP) is 3.47. The van der Waals surface area contributed by atoms with Gasteiger partial charge in [-0.1, -0.05) is 41.9 Å². The smallest absolute Gasteiger partial charge is 0.410 e. The number of benzene rings is 1. The number of nitrogens with zero attached hydrogens (tertiary/aromatic N) is 2. The zero-order valence-corrected chi connectivity index (χ0v) is 14.3. The molecule has 0 bridgehead atoms. The van der Waals surface area contributed by atoms with E-state index in [-0.39, 0.29) is 12.5 Å². The van der Waals surface area contributed by atoms with Crippen molar-refractivity contribution in [2.75, 3.05) is 11.9 Å². The van der Waals surface area contributed by atoms with E-state index >= 15 is 0 Å². The molecule has 130 valence electrons. The average Bonchev–Trinajstić information content (AvgIpc) is 3.12. The van der Waals surface area contributed by atoms with Crippen LogP contribution in [-0.4, -0.2) is 34.5 Å². The van der Waals surface area contributed by atoms with Crippen LogP contribution in [0.25, 0.3) is 0 Å². The van der Waals surface area contributed by atoms with Crippen LogP contribution in [-0.2, 0) is 16.1 Å². The van der Waals surface area contributed by atoms with Gasteiger partial charge in [0.25, 0.3) is 0 Å². The van der Waals surface area contributed by atoms with E-state index in [9.17, 15) is 9.59 Å². The number of rotatable bonds is 4. The van der Waals surface area contributed by atoms with Crippen molar-refractivity contribution in [1.29, 1.82) is 0 Å². The Hall–Kier alpha value is -2.60. The van der Waals surface area contributed by atoms with Crippen LogP contribution in [0.15, 0.2) is 48.7 Å². The fourth-order valence-corrected chi connectivity index (χ4v) is 2.83. The van der Waals surface area contributed by atoms with Gasteiger partial charge in [0.05, 0.1) is 5.02 Å². The number of aromatic nitrogens is 1. The van der Waals surface area contributed by atoms with Crippen LogP contribution in [0, 0.1) is 0 Å². The number of hydrogen-bond acceptors (Lipinski definition) is 4. The summed E-state index contributed by atoms with van der Waals surface area (Å²) in [6.07, 6.45) is 2.33. The van der Waals surface area contributed by atoms with Gasteiger partial charge in [0.2, 0.25) is 5.91 Å². The fourth-order valence-electron chi connectivity index (χ4n) is 2.72. The zero-order chi connectivity index (χ0) is 17.6. The number of amides is 2. The molecule has 0 unspecified atom stereocenters. The second-order valence-electron chi connectivity index (χ2n) is 5.74. The lowest BCUT2D eigenvalue weighted by molar-refractivity contribution is -0.120. The Morgan fingerprint density at radius 2 is 2.04 bits per heavy atom. The third-order valence-electron chi connectivity index (χ3n) is 3.97. The number of nitrogens with one attached hydrogen (secondary N) is 1. The first-order valence-electron chi connectivity index (χ1n) is 8.03. The van der Waals surface area contributed by atoms with Gasteiger partial charge in [-0.3, -0.25) is 9.69 Å². The van der Waals surface area contributed by atoms with Crippen molar-refractivity contribution in [3.63, 3.8) is 0 Å². The van der Waals surface area contributed by atoms with Crippen molar-refractivity contribution in [2.24, 2.45) is 0 Å². The van der Waals surface area contributed by atoms with E-state index < -0.39 is 12.1 Å². The highest BCUT2D eigenvalue weighted by Gasteiger charge is 2.35. The van der Waals surface area contributed by atoms with Crippen molar-refractivity contribution >= 4 is 29.4 Å². The Bertz CT molecular complexity index is 737. The minimum Gasteiger partial charge on any atom is -0.445 e. The molecule has 0 aliphatic carbocycles. The van der Waals surface area contributed by atoms with Crippen molar-refractivity contribution in [3.05, 3.63) is 59.2 Å². The van der Waals surface area contributed by atoms with E-state index in [0.29, 0.717) is 23.8 Å². The lowest BCUT2D eigenvalue weighted by atomic mass is 10.2. The summed E-state index contributed by atoms with van der Waals surface area (Å²) in [4.78, 5) is 30.3. The van der Waals surface area contributed by atoms with Gasteiger partial charge in [0.15, 0.2) is 0 Å². The molecule has 7 heteroatoms. The van der Waals surface area contributed by atoms with Crippen LogP contribution in [0.3, 0.4) is 0 Å². The monoisotopic (exact) mass is 359 g/mol. The summed E-state index contributed by atoms with van der Waals surface area (Å²) in [5, 5.41) is 3.20. The standard InChI is InChI=1S/C18H18ClN3O3/c19-14-8-9-16(20-11-14)21-17(23)15-7-4-10-22(15)18(24)25-12-13-5-2-1-3-6-13/h1-3,5-6,8-9,11,15H,4,7,10,12H2,(H,20,21,23)/t15-/m0/s1. The molecule has 1 saturated heterocycles. The van der Waals surface area contributed by atoms with Crippen molar-refractivity contribution in [1.82, 2.24) is 9.88 Å². The molecular weight excluding hydrogens is 342 g/mol. The zero-order valence-electron chi connectivity index (χ0n) is 13.5. The first-order valence-corrected chi connectivity index (χ1v) is 8.41. The molecule has 25 heavy (non-hydrogen) atoms. The molecule has 2 heterocycles. The highest BCUT2D eigenvalue weighted by molar-refractivity contribution is 6.30. The van der Waals surface area contributed by atoms with Gasteiger partial charge in [-0.2, -0.15) is 0 Å². The van der Waals surface area contributed by atoms with Gasteiger partial charge in [0, 0.05) is 12.7 Å². The summed E-state index contributed by atoms with van der Waals surface area (Å²) in [7, 11) is 0. The maximum Gasteiger partial charge on any atom is 0.410 e. The highest BCUT2D eigenvalue weighted by Crippen LogP contribution is 2.20. The molecule has 3 rings (SSSR count). The van der Waals surface area contributed by atoms with Crippen molar-refractivity contribution < 1.29 is 14.3 Å². The second kappa shape index (κ2) is 7.98. The molecule has 1 aliphatic rings. The van der Waals surface area contributed by atoms with E-state index in [1.807, 2.05) is 30.3 Å². The summed E-state index contributed by atoms with van der Waals surface area (Å²) in [5.41, 5.74) is 0.904. The van der Waals surface area contributed by atoms with Gasteiger partial charge in [-0.25, -0.2) is 9.78 Å². The lowest BCUT2D eigenvalue weighted by Crippen LogP contribution is -2.43. The number of pyridine rings is 1. The Morgan fingerprint density at radius 3 is 2.76 bits per heavy atom. The van der Waals surface area contributed by atoms with Crippen molar-refractivity contribution in [2.45, 2.75) is 25.5 Å². The molecule has 1 fully saturated rings. The fraction of sp³-hybridized carbons (Fsp3) is 0.278. The number of ether oxygens (including phenoxy) is 1. The molecule has 0 radical (unpaired) electrons. The maximum atomic E-state index is 12.5. The maximum absolute atomic E-state index is 12.5. The van der Waals surface area contributed by atoms with Crippen LogP contribution in [0.1, 0.15) is 18.4 Å². The number of anilines is 1. The van der Waals surface area contributed by atoms with Crippen molar-refractivity contribution in [3.8, 4) is 0 Å². The van der Waals surface area contributed by atoms with Gasteiger partial charge in [-0.05, 0) is 30.5 Å². The Balaban J connectivity index is 1.58. The number of halogens is 1. The summed E-state index contributed by atoms with van der Waals surface area (Å²) in [6.45, 7) is 0.684. The molecule has 1 aromatic heterocycles. The summed E-state index contributed by atoms with van der Waals surface area (Å²) < 4.78 is 5.33. The molecule has 1 N–H and O–H groups in total. The predicted molar refractivity (Wildman–Crippen MR) is 94.2 cm³/mol. The van der Waals surface area contributed by atoms with E-state index in [0.717, 1.165) is 12.0 Å². The Labute approximate surface area is 150 Å². The van der Waals surface area contributed by atoms with E-state index in [1.54, 1.807) is 12.1 Å². The quantitative estimate of drug-likeness (QED) is 0.907. The summed E-state index contributed by atoms with van der Waals surface area (Å²) in [6, 6.07) is 12.1. The van der Waals surface area contributed by atoms with Crippen LogP contribution >= 0.6 is 11.6 Å². The normalized spacial score (nSPS) is 16.5. The van der Waals surface area contributed by atoms with E-state index in [4.69, 9.17) is 16.3 Å². The molecule has 2 amide bonds. The first kappa shape index (κ1) is 17.2. The molecule has 1 aliphatic heterocycles. The third-order valence-corrected chi connectivity index (χ3v) is 4.20. The van der Waals surface area contributed by atoms with E-state index in [2.05, 4.69) is 10.3 Å². The third kappa shape index (κ3) is 4.48. The number of likely N-dealkylation sites (tertiary alicyclic amines) is 1. The topological polar surface area (TPSA) is 71.5 Å². The van der Waals surface area contributed by atoms with Crippen LogP contribution < -0.4 is 5.32 Å². The number of carbonyl (C=O) groups excluding carboxylic acids is 2. The van der Waals surface area contributed by atoms with Crippen LogP contribution in [0.5, 0.6) is 0 Å². The second-order valence-corrected chi connectivity index (χ2v) is 6.18. The summed E-state index contributed by atoms with van der Waals surface area (Å²) in [5.74, 6) is 0.128. The molecule has 0 saturated carbocycles. The molecule has 0 spiro atoms. The van der Waals surface area contributed by atoms with Gasteiger partial charge in [-0.15, -0.1) is 0 Å². The minimum atomic E-state index is -0.555. The van der Waals surface area contributed by atoms with Gasteiger partial charge >= 0.3 is 6.09 Å². The molecule has 1 atom stereocenters.